The van der Waals surface area contributed by atoms with Crippen LogP contribution in [0.2, 0.25) is 0 Å². The van der Waals surface area contributed by atoms with Gasteiger partial charge in [0.05, 0.1) is 17.8 Å². The predicted octanol–water partition coefficient (Wildman–Crippen LogP) is 3.70. The zero-order valence-corrected chi connectivity index (χ0v) is 16.4. The van der Waals surface area contributed by atoms with E-state index in [9.17, 15) is 18.0 Å². The molecule has 0 unspecified atom stereocenters. The van der Waals surface area contributed by atoms with Crippen LogP contribution in [0.4, 0.5) is 13.2 Å². The number of hydrogen-bond donors (Lipinski definition) is 0. The fraction of sp³-hybridized carbons (Fsp3) is 0.450. The molecule has 1 saturated carbocycles. The van der Waals surface area contributed by atoms with E-state index in [-0.39, 0.29) is 11.6 Å². The molecule has 8 nitrogen and oxygen atoms in total. The van der Waals surface area contributed by atoms with Gasteiger partial charge >= 0.3 is 6.18 Å². The molecule has 1 aliphatic carbocycles. The van der Waals surface area contributed by atoms with Gasteiger partial charge in [0.1, 0.15) is 0 Å². The summed E-state index contributed by atoms with van der Waals surface area (Å²) in [6.45, 7) is 0.836. The van der Waals surface area contributed by atoms with Crippen molar-refractivity contribution in [2.24, 2.45) is 0 Å². The molecule has 11 heteroatoms. The van der Waals surface area contributed by atoms with Gasteiger partial charge in [-0.05, 0) is 43.9 Å². The topological polar surface area (TPSA) is 89.9 Å². The third-order valence-corrected chi connectivity index (χ3v) is 5.68. The zero-order chi connectivity index (χ0) is 21.6. The number of rotatable bonds is 4. The Labute approximate surface area is 175 Å². The molecule has 2 aromatic heterocycles. The van der Waals surface area contributed by atoms with Gasteiger partial charge in [-0.15, -0.1) is 5.10 Å². The Hall–Kier alpha value is -3.24. The molecular weight excluding hydrogens is 413 g/mol. The van der Waals surface area contributed by atoms with E-state index in [4.69, 9.17) is 4.52 Å². The number of halogens is 3. The van der Waals surface area contributed by atoms with Crippen LogP contribution in [-0.2, 0) is 6.18 Å². The molecule has 3 aromatic rings. The van der Waals surface area contributed by atoms with Crippen LogP contribution in [0.25, 0.3) is 11.6 Å². The minimum atomic E-state index is -4.48. The summed E-state index contributed by atoms with van der Waals surface area (Å²) in [5, 5.41) is 12.3. The highest BCUT2D eigenvalue weighted by Crippen LogP contribution is 2.38. The lowest BCUT2D eigenvalue weighted by atomic mass is 10.0. The van der Waals surface area contributed by atoms with Crippen molar-refractivity contribution in [1.29, 1.82) is 0 Å². The second-order valence-corrected chi connectivity index (χ2v) is 7.92. The van der Waals surface area contributed by atoms with Gasteiger partial charge in [0, 0.05) is 24.6 Å². The number of alkyl halides is 3. The highest BCUT2D eigenvalue weighted by atomic mass is 19.4. The third-order valence-electron chi connectivity index (χ3n) is 5.68. The van der Waals surface area contributed by atoms with Crippen LogP contribution in [0.15, 0.2) is 35.0 Å². The first kappa shape index (κ1) is 19.7. The number of amides is 1. The van der Waals surface area contributed by atoms with E-state index in [1.807, 2.05) is 0 Å². The SMILES string of the molecule is O=C(c1cccc(C(F)(F)F)c1)N1CCC(n2cc(-c3nc(C4CC4)no3)nn2)CC1. The Morgan fingerprint density at radius 3 is 2.61 bits per heavy atom. The van der Waals surface area contributed by atoms with Gasteiger partial charge in [-0.2, -0.15) is 18.2 Å². The van der Waals surface area contributed by atoms with Crippen molar-refractivity contribution in [3.63, 3.8) is 0 Å². The van der Waals surface area contributed by atoms with E-state index in [2.05, 4.69) is 20.5 Å². The first-order valence-electron chi connectivity index (χ1n) is 10.1. The number of benzene rings is 1. The summed E-state index contributed by atoms with van der Waals surface area (Å²) in [4.78, 5) is 18.6. The lowest BCUT2D eigenvalue weighted by Crippen LogP contribution is -2.39. The number of carbonyl (C=O) groups excluding carboxylic acids is 1. The Bertz CT molecular complexity index is 1100. The monoisotopic (exact) mass is 432 g/mol. The van der Waals surface area contributed by atoms with E-state index in [1.54, 1.807) is 15.8 Å². The van der Waals surface area contributed by atoms with Gasteiger partial charge in [0.25, 0.3) is 11.8 Å². The molecule has 2 aliphatic rings. The van der Waals surface area contributed by atoms with E-state index >= 15 is 0 Å². The highest BCUT2D eigenvalue weighted by Gasteiger charge is 2.32. The molecule has 1 aromatic carbocycles. The minimum Gasteiger partial charge on any atom is -0.338 e. The van der Waals surface area contributed by atoms with E-state index < -0.39 is 17.6 Å². The van der Waals surface area contributed by atoms with Crippen LogP contribution in [0.1, 0.15) is 59.4 Å². The van der Waals surface area contributed by atoms with Crippen molar-refractivity contribution in [2.45, 2.75) is 43.8 Å². The number of aromatic nitrogens is 5. The maximum absolute atomic E-state index is 12.9. The van der Waals surface area contributed by atoms with Crippen LogP contribution < -0.4 is 0 Å². The number of piperidine rings is 1. The minimum absolute atomic E-state index is 0.0256. The zero-order valence-electron chi connectivity index (χ0n) is 16.4. The van der Waals surface area contributed by atoms with Gasteiger partial charge in [-0.25, -0.2) is 4.68 Å². The first-order valence-corrected chi connectivity index (χ1v) is 10.1. The van der Waals surface area contributed by atoms with Crippen molar-refractivity contribution in [3.8, 4) is 11.6 Å². The lowest BCUT2D eigenvalue weighted by molar-refractivity contribution is -0.137. The number of likely N-dealkylation sites (tertiary alicyclic amines) is 1. The van der Waals surface area contributed by atoms with E-state index in [0.717, 1.165) is 25.0 Å². The summed E-state index contributed by atoms with van der Waals surface area (Å²) in [7, 11) is 0. The Morgan fingerprint density at radius 2 is 1.90 bits per heavy atom. The average Bonchev–Trinajstić information content (AvgIpc) is 3.30. The quantitative estimate of drug-likeness (QED) is 0.625. The summed E-state index contributed by atoms with van der Waals surface area (Å²) in [6.07, 6.45) is 0.646. The fourth-order valence-electron chi connectivity index (χ4n) is 3.74. The molecule has 1 amide bonds. The summed E-state index contributed by atoms with van der Waals surface area (Å²) in [5.41, 5.74) is -0.282. The van der Waals surface area contributed by atoms with Crippen molar-refractivity contribution < 1.29 is 22.5 Å². The lowest BCUT2D eigenvalue weighted by Gasteiger charge is -2.32. The fourth-order valence-corrected chi connectivity index (χ4v) is 3.74. The van der Waals surface area contributed by atoms with Crippen molar-refractivity contribution in [3.05, 3.63) is 47.4 Å². The van der Waals surface area contributed by atoms with Gasteiger partial charge in [-0.3, -0.25) is 4.79 Å². The Morgan fingerprint density at radius 1 is 1.13 bits per heavy atom. The van der Waals surface area contributed by atoms with Crippen LogP contribution in [0, 0.1) is 0 Å². The van der Waals surface area contributed by atoms with Crippen molar-refractivity contribution in [2.75, 3.05) is 13.1 Å². The van der Waals surface area contributed by atoms with Crippen LogP contribution in [0.3, 0.4) is 0 Å². The summed E-state index contributed by atoms with van der Waals surface area (Å²) in [5.74, 6) is 1.02. The van der Waals surface area contributed by atoms with Crippen molar-refractivity contribution >= 4 is 5.91 Å². The number of carbonyl (C=O) groups is 1. The maximum Gasteiger partial charge on any atom is 0.416 e. The molecule has 5 rings (SSSR count). The molecule has 3 heterocycles. The molecule has 2 fully saturated rings. The standard InChI is InChI=1S/C20H19F3N6O2/c21-20(22,23)14-3-1-2-13(10-14)19(30)28-8-6-15(7-9-28)29-11-16(25-27-29)18-24-17(26-31-18)12-4-5-12/h1-3,10-12,15H,4-9H2. The largest absolute Gasteiger partial charge is 0.416 e. The molecular formula is C20H19F3N6O2. The second-order valence-electron chi connectivity index (χ2n) is 7.92. The van der Waals surface area contributed by atoms with Gasteiger partial charge < -0.3 is 9.42 Å². The smallest absolute Gasteiger partial charge is 0.338 e. The second kappa shape index (κ2) is 7.47. The summed E-state index contributed by atoms with van der Waals surface area (Å²) in [6, 6.07) is 4.55. The normalized spacial score (nSPS) is 17.8. The Balaban J connectivity index is 1.22. The molecule has 1 aliphatic heterocycles. The third kappa shape index (κ3) is 4.04. The van der Waals surface area contributed by atoms with Crippen molar-refractivity contribution in [1.82, 2.24) is 30.0 Å². The highest BCUT2D eigenvalue weighted by molar-refractivity contribution is 5.94. The molecule has 31 heavy (non-hydrogen) atoms. The van der Waals surface area contributed by atoms with Gasteiger partial charge in [0.15, 0.2) is 11.5 Å². The summed E-state index contributed by atoms with van der Waals surface area (Å²) < 4.78 is 45.8. The molecule has 1 saturated heterocycles. The molecule has 0 atom stereocenters. The molecule has 0 N–H and O–H groups in total. The summed E-state index contributed by atoms with van der Waals surface area (Å²) >= 11 is 0. The molecule has 0 spiro atoms. The van der Waals surface area contributed by atoms with Gasteiger partial charge in [-0.1, -0.05) is 16.4 Å². The Kier molecular flexibility index (Phi) is 4.75. The van der Waals surface area contributed by atoms with Crippen LogP contribution >= 0.6 is 0 Å². The van der Waals surface area contributed by atoms with E-state index in [1.165, 1.54) is 12.1 Å². The molecule has 0 bridgehead atoms. The number of hydrogen-bond acceptors (Lipinski definition) is 6. The predicted molar refractivity (Wildman–Crippen MR) is 101 cm³/mol. The molecule has 0 radical (unpaired) electrons. The van der Waals surface area contributed by atoms with Crippen LogP contribution in [0.5, 0.6) is 0 Å². The van der Waals surface area contributed by atoms with Crippen LogP contribution in [-0.4, -0.2) is 49.0 Å². The maximum atomic E-state index is 12.9. The number of nitrogens with zero attached hydrogens (tertiary/aromatic N) is 6. The van der Waals surface area contributed by atoms with Gasteiger partial charge in [0.2, 0.25) is 0 Å². The van der Waals surface area contributed by atoms with E-state index in [0.29, 0.717) is 49.3 Å². The average molecular weight is 432 g/mol. The molecule has 162 valence electrons. The first-order chi connectivity index (χ1) is 14.9.